The number of hydrogen-bond donors (Lipinski definition) is 1. The molecule has 1 heterocycles. The molecule has 4 nitrogen and oxygen atoms in total. The van der Waals surface area contributed by atoms with Crippen molar-refractivity contribution in [1.82, 2.24) is 10.2 Å². The Bertz CT molecular complexity index is 448. The molecule has 1 saturated heterocycles. The zero-order chi connectivity index (χ0) is 14.4. The molecule has 0 aromatic heterocycles. The minimum atomic E-state index is 0.00465. The lowest BCUT2D eigenvalue weighted by Gasteiger charge is -2.17. The third-order valence-electron chi connectivity index (χ3n) is 3.52. The predicted octanol–water partition coefficient (Wildman–Crippen LogP) is 2.19. The lowest BCUT2D eigenvalue weighted by atomic mass is 10.2. The third kappa shape index (κ3) is 3.73. The smallest absolute Gasteiger partial charge is 0.240 e. The summed E-state index contributed by atoms with van der Waals surface area (Å²) >= 11 is 0. The van der Waals surface area contributed by atoms with E-state index >= 15 is 0 Å². The molecule has 1 aliphatic heterocycles. The highest BCUT2D eigenvalue weighted by molar-refractivity contribution is 5.83. The van der Waals surface area contributed by atoms with E-state index in [0.717, 1.165) is 37.2 Å². The first-order chi connectivity index (χ1) is 9.74. The predicted molar refractivity (Wildman–Crippen MR) is 79.7 cm³/mol. The van der Waals surface area contributed by atoms with Gasteiger partial charge >= 0.3 is 0 Å². The second kappa shape index (κ2) is 7.29. The zero-order valence-corrected chi connectivity index (χ0v) is 12.4. The molecular formula is C16H24N2O2. The minimum absolute atomic E-state index is 0.00465. The molecule has 1 N–H and O–H groups in total. The molecule has 1 fully saturated rings. The fourth-order valence-corrected chi connectivity index (χ4v) is 2.52. The molecule has 1 aromatic carbocycles. The van der Waals surface area contributed by atoms with E-state index in [2.05, 4.69) is 12.2 Å². The van der Waals surface area contributed by atoms with E-state index in [-0.39, 0.29) is 11.9 Å². The van der Waals surface area contributed by atoms with Gasteiger partial charge in [-0.3, -0.25) is 4.79 Å². The van der Waals surface area contributed by atoms with Crippen LogP contribution in [0, 0.1) is 0 Å². The molecule has 1 atom stereocenters. The molecule has 0 saturated carbocycles. The summed E-state index contributed by atoms with van der Waals surface area (Å²) in [4.78, 5) is 14.2. The van der Waals surface area contributed by atoms with Gasteiger partial charge in [0, 0.05) is 13.1 Å². The Morgan fingerprint density at radius 1 is 1.40 bits per heavy atom. The van der Waals surface area contributed by atoms with Crippen LogP contribution in [0.2, 0.25) is 0 Å². The molecule has 4 heteroatoms. The second-order valence-electron chi connectivity index (χ2n) is 5.14. The monoisotopic (exact) mass is 276 g/mol. The minimum Gasteiger partial charge on any atom is -0.494 e. The Hall–Kier alpha value is -1.55. The van der Waals surface area contributed by atoms with Crippen molar-refractivity contribution in [1.29, 1.82) is 0 Å². The van der Waals surface area contributed by atoms with E-state index in [0.29, 0.717) is 13.2 Å². The number of nitrogens with zero attached hydrogens (tertiary/aromatic N) is 1. The van der Waals surface area contributed by atoms with Crippen molar-refractivity contribution in [2.75, 3.05) is 19.7 Å². The van der Waals surface area contributed by atoms with Crippen molar-refractivity contribution in [2.24, 2.45) is 0 Å². The lowest BCUT2D eigenvalue weighted by molar-refractivity contribution is -0.129. The summed E-state index contributed by atoms with van der Waals surface area (Å²) in [6.45, 7) is 7.16. The maximum atomic E-state index is 12.3. The van der Waals surface area contributed by atoms with Crippen LogP contribution in [0.3, 0.4) is 0 Å². The number of carbonyl (C=O) groups excluding carboxylic acids is 1. The molecule has 1 aromatic rings. The summed E-state index contributed by atoms with van der Waals surface area (Å²) < 4.78 is 5.50. The summed E-state index contributed by atoms with van der Waals surface area (Å²) in [6.07, 6.45) is 1.96. The summed E-state index contributed by atoms with van der Waals surface area (Å²) in [5.41, 5.74) is 1.13. The van der Waals surface area contributed by atoms with Crippen LogP contribution in [-0.2, 0) is 11.3 Å². The fourth-order valence-electron chi connectivity index (χ4n) is 2.52. The van der Waals surface area contributed by atoms with Gasteiger partial charge in [0.2, 0.25) is 5.91 Å². The Labute approximate surface area is 121 Å². The summed E-state index contributed by atoms with van der Waals surface area (Å²) in [6, 6.07) is 8.00. The van der Waals surface area contributed by atoms with E-state index in [9.17, 15) is 4.79 Å². The van der Waals surface area contributed by atoms with Crippen LogP contribution in [0.1, 0.15) is 32.3 Å². The van der Waals surface area contributed by atoms with E-state index in [1.807, 2.05) is 36.1 Å². The molecule has 0 aliphatic carbocycles. The van der Waals surface area contributed by atoms with Crippen molar-refractivity contribution in [3.05, 3.63) is 29.8 Å². The number of ether oxygens (including phenoxy) is 1. The number of benzene rings is 1. The molecule has 1 unspecified atom stereocenters. The first kappa shape index (κ1) is 14.9. The molecule has 1 amide bonds. The van der Waals surface area contributed by atoms with Crippen LogP contribution < -0.4 is 10.1 Å². The molecule has 0 spiro atoms. The number of amides is 1. The van der Waals surface area contributed by atoms with Crippen molar-refractivity contribution < 1.29 is 9.53 Å². The van der Waals surface area contributed by atoms with Gasteiger partial charge in [0.25, 0.3) is 0 Å². The largest absolute Gasteiger partial charge is 0.494 e. The average Bonchev–Trinajstić information content (AvgIpc) is 2.78. The van der Waals surface area contributed by atoms with Gasteiger partial charge in [-0.05, 0) is 44.0 Å². The van der Waals surface area contributed by atoms with Crippen LogP contribution in [0.5, 0.6) is 5.75 Å². The van der Waals surface area contributed by atoms with Crippen molar-refractivity contribution >= 4 is 5.91 Å². The summed E-state index contributed by atoms with van der Waals surface area (Å²) in [5, 5.41) is 3.31. The highest BCUT2D eigenvalue weighted by atomic mass is 16.5. The second-order valence-corrected chi connectivity index (χ2v) is 5.14. The normalized spacial score (nSPS) is 18.6. The molecule has 0 bridgehead atoms. The molecule has 20 heavy (non-hydrogen) atoms. The fraction of sp³-hybridized carbons (Fsp3) is 0.562. The van der Waals surface area contributed by atoms with Crippen LogP contribution in [0.4, 0.5) is 0 Å². The standard InChI is InChI=1S/C16H24N2O2/c1-3-9-17-15-8-10-18(16(15)19)12-13-6-5-7-14(11-13)20-4-2/h5-7,11,15,17H,3-4,8-10,12H2,1-2H3. The van der Waals surface area contributed by atoms with E-state index in [1.165, 1.54) is 0 Å². The highest BCUT2D eigenvalue weighted by Gasteiger charge is 2.30. The summed E-state index contributed by atoms with van der Waals surface area (Å²) in [7, 11) is 0. The lowest BCUT2D eigenvalue weighted by Crippen LogP contribution is -2.38. The van der Waals surface area contributed by atoms with Gasteiger partial charge in [-0.2, -0.15) is 0 Å². The van der Waals surface area contributed by atoms with E-state index in [4.69, 9.17) is 4.74 Å². The average molecular weight is 276 g/mol. The quantitative estimate of drug-likeness (QED) is 0.830. The maximum absolute atomic E-state index is 12.3. The van der Waals surface area contributed by atoms with Crippen molar-refractivity contribution in [3.8, 4) is 5.75 Å². The van der Waals surface area contributed by atoms with Gasteiger partial charge in [-0.25, -0.2) is 0 Å². The SMILES string of the molecule is CCCNC1CCN(Cc2cccc(OCC)c2)C1=O. The number of rotatable bonds is 7. The Morgan fingerprint density at radius 3 is 3.00 bits per heavy atom. The van der Waals surface area contributed by atoms with Crippen molar-refractivity contribution in [3.63, 3.8) is 0 Å². The number of hydrogen-bond acceptors (Lipinski definition) is 3. The first-order valence-electron chi connectivity index (χ1n) is 7.48. The number of likely N-dealkylation sites (tertiary alicyclic amines) is 1. The van der Waals surface area contributed by atoms with E-state index in [1.54, 1.807) is 0 Å². The third-order valence-corrected chi connectivity index (χ3v) is 3.52. The summed E-state index contributed by atoms with van der Waals surface area (Å²) in [5.74, 6) is 1.09. The molecular weight excluding hydrogens is 252 g/mol. The molecule has 0 radical (unpaired) electrons. The molecule has 2 rings (SSSR count). The number of nitrogens with one attached hydrogen (secondary N) is 1. The van der Waals surface area contributed by atoms with Gasteiger partial charge < -0.3 is 15.0 Å². The van der Waals surface area contributed by atoms with E-state index < -0.39 is 0 Å². The van der Waals surface area contributed by atoms with Gasteiger partial charge in [0.15, 0.2) is 0 Å². The van der Waals surface area contributed by atoms with Gasteiger partial charge in [0.1, 0.15) is 5.75 Å². The van der Waals surface area contributed by atoms with Gasteiger partial charge in [0.05, 0.1) is 12.6 Å². The number of carbonyl (C=O) groups is 1. The van der Waals surface area contributed by atoms with Crippen LogP contribution in [0.15, 0.2) is 24.3 Å². The van der Waals surface area contributed by atoms with Crippen LogP contribution in [0.25, 0.3) is 0 Å². The maximum Gasteiger partial charge on any atom is 0.240 e. The Morgan fingerprint density at radius 2 is 2.25 bits per heavy atom. The van der Waals surface area contributed by atoms with Gasteiger partial charge in [-0.1, -0.05) is 19.1 Å². The first-order valence-corrected chi connectivity index (χ1v) is 7.48. The molecule has 1 aliphatic rings. The topological polar surface area (TPSA) is 41.6 Å². The van der Waals surface area contributed by atoms with Crippen LogP contribution in [-0.4, -0.2) is 36.5 Å². The molecule has 110 valence electrons. The van der Waals surface area contributed by atoms with Gasteiger partial charge in [-0.15, -0.1) is 0 Å². The van der Waals surface area contributed by atoms with Crippen molar-refractivity contribution in [2.45, 2.75) is 39.3 Å². The van der Waals surface area contributed by atoms with Crippen LogP contribution >= 0.6 is 0 Å². The Kier molecular flexibility index (Phi) is 5.41. The highest BCUT2D eigenvalue weighted by Crippen LogP contribution is 2.18. The zero-order valence-electron chi connectivity index (χ0n) is 12.4. The Balaban J connectivity index is 1.93.